The van der Waals surface area contributed by atoms with Crippen LogP contribution in [0.15, 0.2) is 27.9 Å². The number of carbonyl (C=O) groups is 2. The predicted molar refractivity (Wildman–Crippen MR) is 115 cm³/mol. The minimum Gasteiger partial charge on any atom is -0.407 e. The van der Waals surface area contributed by atoms with E-state index >= 15 is 0 Å². The average molecular weight is 492 g/mol. The van der Waals surface area contributed by atoms with Crippen LogP contribution in [0.5, 0.6) is 0 Å². The van der Waals surface area contributed by atoms with Gasteiger partial charge in [-0.15, -0.1) is 0 Å². The van der Waals surface area contributed by atoms with E-state index in [0.29, 0.717) is 5.56 Å². The highest BCUT2D eigenvalue weighted by molar-refractivity contribution is 7.55. The van der Waals surface area contributed by atoms with E-state index in [1.54, 1.807) is 27.7 Å². The first-order chi connectivity index (χ1) is 15.4. The van der Waals surface area contributed by atoms with Crippen LogP contribution in [0.3, 0.4) is 0 Å². The Balaban J connectivity index is 2.82. The first-order valence-corrected chi connectivity index (χ1v) is 11.6. The molecule has 0 radical (unpaired) electrons. The summed E-state index contributed by atoms with van der Waals surface area (Å²) in [6.45, 7) is 7.42. The average Bonchev–Trinajstić information content (AvgIpc) is 2.68. The molecule has 0 bridgehead atoms. The van der Waals surface area contributed by atoms with Gasteiger partial charge in [0.1, 0.15) is 0 Å². The van der Waals surface area contributed by atoms with Crippen molar-refractivity contribution in [3.8, 4) is 0 Å². The van der Waals surface area contributed by atoms with E-state index in [-0.39, 0.29) is 18.8 Å². The van der Waals surface area contributed by atoms with Crippen LogP contribution in [-0.2, 0) is 39.1 Å². The largest absolute Gasteiger partial charge is 0.517 e. The summed E-state index contributed by atoms with van der Waals surface area (Å²) in [6, 6.07) is 0. The molecule has 1 rings (SSSR count). The highest BCUT2D eigenvalue weighted by Gasteiger charge is 2.33. The van der Waals surface area contributed by atoms with E-state index in [1.165, 1.54) is 29.8 Å². The number of nitrogens with zero attached hydrogens (tertiary/aromatic N) is 1. The second-order valence-corrected chi connectivity index (χ2v) is 9.08. The third-order valence-corrected chi connectivity index (χ3v) is 5.08. The van der Waals surface area contributed by atoms with E-state index in [1.807, 2.05) is 0 Å². The van der Waals surface area contributed by atoms with Crippen LogP contribution in [0.2, 0.25) is 0 Å². The number of aryl methyl sites for hydroxylation is 1. The molecule has 1 N–H and O–H groups in total. The van der Waals surface area contributed by atoms with E-state index in [2.05, 4.69) is 14.5 Å². The summed E-state index contributed by atoms with van der Waals surface area (Å²) in [5.74, 6) is 0. The van der Waals surface area contributed by atoms with Gasteiger partial charge >= 0.3 is 25.6 Å². The van der Waals surface area contributed by atoms with Crippen molar-refractivity contribution >= 4 is 19.9 Å². The highest BCUT2D eigenvalue weighted by Crippen LogP contribution is 2.49. The molecular weight excluding hydrogens is 463 g/mol. The molecule has 0 aliphatic rings. The lowest BCUT2D eigenvalue weighted by atomic mass is 10.4. The van der Waals surface area contributed by atoms with Crippen molar-refractivity contribution in [2.24, 2.45) is 0 Å². The number of nitrogens with one attached hydrogen (secondary N) is 1. The van der Waals surface area contributed by atoms with Crippen molar-refractivity contribution in [3.63, 3.8) is 0 Å². The number of aromatic nitrogens is 2. The van der Waals surface area contributed by atoms with Crippen LogP contribution in [0.1, 0.15) is 33.3 Å². The summed E-state index contributed by atoms with van der Waals surface area (Å²) < 4.78 is 42.9. The fourth-order valence-corrected chi connectivity index (χ4v) is 3.11. The zero-order chi connectivity index (χ0) is 25.0. The molecular formula is C19H29N2O11P. The third-order valence-electron chi connectivity index (χ3n) is 3.57. The zero-order valence-electron chi connectivity index (χ0n) is 19.1. The van der Waals surface area contributed by atoms with Crippen molar-refractivity contribution in [3.05, 3.63) is 44.8 Å². The standard InChI is InChI=1S/C19H29N2O11P/c1-13(2)27-11-29-18(24)31-33(26,32-19(25)30-12-28-14(3)4)9-7-6-8-21-10-15(5)16(22)20-17(21)23/h6-7,10,13-14H,8-9,11-12H2,1-5H3,(H,20,22,23)/b7-6+. The molecule has 14 heteroatoms. The van der Waals surface area contributed by atoms with Gasteiger partial charge in [-0.05, 0) is 34.6 Å². The Kier molecular flexibility index (Phi) is 11.6. The van der Waals surface area contributed by atoms with E-state index in [4.69, 9.17) is 18.5 Å². The number of allylic oxidation sites excluding steroid dienone is 2. The molecule has 0 saturated carbocycles. The lowest BCUT2D eigenvalue weighted by molar-refractivity contribution is -0.0602. The molecule has 1 aromatic rings. The van der Waals surface area contributed by atoms with Crippen molar-refractivity contribution in [1.82, 2.24) is 9.55 Å². The third kappa shape index (κ3) is 11.5. The van der Waals surface area contributed by atoms with Crippen molar-refractivity contribution in [2.75, 3.05) is 19.7 Å². The normalized spacial score (nSPS) is 11.7. The van der Waals surface area contributed by atoms with Crippen LogP contribution in [0.4, 0.5) is 9.59 Å². The Bertz CT molecular complexity index is 949. The van der Waals surface area contributed by atoms with Crippen LogP contribution < -0.4 is 11.2 Å². The maximum Gasteiger partial charge on any atom is 0.517 e. The van der Waals surface area contributed by atoms with Crippen LogP contribution in [-0.4, -0.2) is 53.8 Å². The fraction of sp³-hybridized carbons (Fsp3) is 0.579. The lowest BCUT2D eigenvalue weighted by Gasteiger charge is -2.17. The summed E-state index contributed by atoms with van der Waals surface area (Å²) in [5.41, 5.74) is -0.835. The maximum atomic E-state index is 12.9. The van der Waals surface area contributed by atoms with Gasteiger partial charge in [0.15, 0.2) is 13.6 Å². The van der Waals surface area contributed by atoms with E-state index < -0.39 is 50.9 Å². The molecule has 186 valence electrons. The zero-order valence-corrected chi connectivity index (χ0v) is 20.0. The van der Waals surface area contributed by atoms with Crippen LogP contribution >= 0.6 is 7.60 Å². The molecule has 0 amide bonds. The van der Waals surface area contributed by atoms with Crippen molar-refractivity contribution in [2.45, 2.75) is 53.4 Å². The molecule has 0 saturated heterocycles. The minimum atomic E-state index is -4.40. The molecule has 13 nitrogen and oxygen atoms in total. The van der Waals surface area contributed by atoms with Gasteiger partial charge in [0.2, 0.25) is 0 Å². The lowest BCUT2D eigenvalue weighted by Crippen LogP contribution is -2.30. The van der Waals surface area contributed by atoms with Gasteiger partial charge in [-0.2, -0.15) is 0 Å². The van der Waals surface area contributed by atoms with Crippen molar-refractivity contribution < 1.29 is 42.1 Å². The van der Waals surface area contributed by atoms with Crippen molar-refractivity contribution in [1.29, 1.82) is 0 Å². The predicted octanol–water partition coefficient (Wildman–Crippen LogP) is 2.67. The SMILES string of the molecule is Cc1cn(C/C=C/CP(=O)(OC(=O)OCOC(C)C)OC(=O)OCOC(C)C)c(=O)[nH]c1=O. The number of hydrogen-bond donors (Lipinski definition) is 1. The molecule has 1 aromatic heterocycles. The summed E-state index contributed by atoms with van der Waals surface area (Å²) in [6.07, 6.45) is 0.236. The van der Waals surface area contributed by atoms with E-state index in [9.17, 15) is 23.7 Å². The van der Waals surface area contributed by atoms with Gasteiger partial charge < -0.3 is 28.0 Å². The molecule has 33 heavy (non-hydrogen) atoms. The number of ether oxygens (including phenoxy) is 4. The Labute approximate surface area is 190 Å². The highest BCUT2D eigenvalue weighted by atomic mass is 31.2. The molecule has 0 atom stereocenters. The minimum absolute atomic E-state index is 0.00416. The number of aromatic amines is 1. The van der Waals surface area contributed by atoms with Gasteiger partial charge in [0, 0.05) is 18.3 Å². The smallest absolute Gasteiger partial charge is 0.407 e. The first kappa shape index (κ1) is 28.1. The van der Waals surface area contributed by atoms with Gasteiger partial charge in [-0.3, -0.25) is 14.3 Å². The molecule has 1 heterocycles. The van der Waals surface area contributed by atoms with E-state index in [0.717, 1.165) is 0 Å². The molecule has 0 fully saturated rings. The first-order valence-electron chi connectivity index (χ1n) is 9.92. The summed E-state index contributed by atoms with van der Waals surface area (Å²) in [7, 11) is -4.40. The fourth-order valence-electron chi connectivity index (χ4n) is 1.96. The topological polar surface area (TPSA) is 161 Å². The molecule has 0 unspecified atom stereocenters. The van der Waals surface area contributed by atoms with Gasteiger partial charge in [-0.1, -0.05) is 12.2 Å². The number of hydrogen-bond acceptors (Lipinski definition) is 11. The monoisotopic (exact) mass is 492 g/mol. The van der Waals surface area contributed by atoms with Crippen LogP contribution in [0, 0.1) is 6.92 Å². The van der Waals surface area contributed by atoms with Gasteiger partial charge in [0.05, 0.1) is 18.4 Å². The summed E-state index contributed by atoms with van der Waals surface area (Å²) >= 11 is 0. The molecule has 0 spiro atoms. The summed E-state index contributed by atoms with van der Waals surface area (Å²) in [4.78, 5) is 49.0. The molecule has 0 aliphatic carbocycles. The Morgan fingerprint density at radius 3 is 2.00 bits per heavy atom. The Hall–Kier alpha value is -2.89. The second-order valence-electron chi connectivity index (χ2n) is 7.13. The molecule has 0 aromatic carbocycles. The second kappa shape index (κ2) is 13.6. The number of rotatable bonds is 12. The van der Waals surface area contributed by atoms with Gasteiger partial charge in [-0.25, -0.2) is 18.9 Å². The Morgan fingerprint density at radius 1 is 1.00 bits per heavy atom. The quantitative estimate of drug-likeness (QED) is 0.198. The number of H-pyrrole nitrogens is 1. The maximum absolute atomic E-state index is 12.9. The van der Waals surface area contributed by atoms with Crippen LogP contribution in [0.25, 0.3) is 0 Å². The molecule has 0 aliphatic heterocycles. The summed E-state index contributed by atoms with van der Waals surface area (Å²) in [5, 5.41) is 0. The van der Waals surface area contributed by atoms with Gasteiger partial charge in [0.25, 0.3) is 5.56 Å². The number of carbonyl (C=O) groups excluding carboxylic acids is 2. The Morgan fingerprint density at radius 2 is 1.52 bits per heavy atom.